The van der Waals surface area contributed by atoms with Gasteiger partial charge in [0, 0.05) is 7.11 Å². The summed E-state index contributed by atoms with van der Waals surface area (Å²) < 4.78 is 8.43. The Bertz CT molecular complexity index is 222. The summed E-state index contributed by atoms with van der Waals surface area (Å²) in [5.74, 6) is 0.0317. The molecule has 11 heavy (non-hydrogen) atoms. The number of aromatic nitrogens is 2. The van der Waals surface area contributed by atoms with Crippen LogP contribution in [0.25, 0.3) is 0 Å². The highest BCUT2D eigenvalue weighted by molar-refractivity contribution is 7.05. The summed E-state index contributed by atoms with van der Waals surface area (Å²) in [6.45, 7) is 0.152. The molecule has 0 aromatic carbocycles. The van der Waals surface area contributed by atoms with Crippen LogP contribution in [0.3, 0.4) is 0 Å². The van der Waals surface area contributed by atoms with Crippen LogP contribution in [0.1, 0.15) is 5.01 Å². The Kier molecular flexibility index (Phi) is 3.13. The first-order valence-corrected chi connectivity index (χ1v) is 3.86. The summed E-state index contributed by atoms with van der Waals surface area (Å²) in [5, 5.41) is 0.743. The van der Waals surface area contributed by atoms with Crippen molar-refractivity contribution in [2.75, 3.05) is 13.7 Å². The fourth-order valence-corrected chi connectivity index (χ4v) is 1.19. The summed E-state index contributed by atoms with van der Waals surface area (Å²) in [6.07, 6.45) is 1.78. The molecule has 0 fully saturated rings. The van der Waals surface area contributed by atoms with Crippen molar-refractivity contribution in [1.82, 2.24) is 9.36 Å². The standard InChI is InChI=1S/C6H8N2O2S/c1-10-3-5(9)2-6-7-4-8-11-6/h4H,2-3H2,1H3. The first kappa shape index (κ1) is 8.29. The molecule has 1 heterocycles. The zero-order chi connectivity index (χ0) is 8.10. The zero-order valence-corrected chi connectivity index (χ0v) is 6.93. The van der Waals surface area contributed by atoms with E-state index in [-0.39, 0.29) is 12.4 Å². The predicted molar refractivity (Wildman–Crippen MR) is 40.5 cm³/mol. The molecule has 1 rings (SSSR count). The van der Waals surface area contributed by atoms with Crippen molar-refractivity contribution in [3.05, 3.63) is 11.3 Å². The van der Waals surface area contributed by atoms with E-state index in [0.29, 0.717) is 6.42 Å². The highest BCUT2D eigenvalue weighted by atomic mass is 32.1. The average molecular weight is 172 g/mol. The quantitative estimate of drug-likeness (QED) is 0.655. The van der Waals surface area contributed by atoms with E-state index in [1.807, 2.05) is 0 Å². The predicted octanol–water partition coefficient (Wildman–Crippen LogP) is 0.296. The van der Waals surface area contributed by atoms with E-state index in [4.69, 9.17) is 0 Å². The molecule has 0 atom stereocenters. The van der Waals surface area contributed by atoms with Crippen LogP contribution in [0.2, 0.25) is 0 Å². The molecule has 0 N–H and O–H groups in total. The monoisotopic (exact) mass is 172 g/mol. The number of ketones is 1. The third-order valence-electron chi connectivity index (χ3n) is 1.06. The van der Waals surface area contributed by atoms with Crippen LogP contribution in [0.5, 0.6) is 0 Å². The van der Waals surface area contributed by atoms with E-state index in [1.165, 1.54) is 25.0 Å². The molecule has 0 aliphatic carbocycles. The molecular weight excluding hydrogens is 164 g/mol. The largest absolute Gasteiger partial charge is 0.377 e. The van der Waals surface area contributed by atoms with Crippen LogP contribution in [-0.2, 0) is 16.0 Å². The Morgan fingerprint density at radius 2 is 2.64 bits per heavy atom. The van der Waals surface area contributed by atoms with Gasteiger partial charge in [-0.2, -0.15) is 4.37 Å². The molecule has 0 aliphatic heterocycles. The Labute approximate surface area is 68.4 Å². The van der Waals surface area contributed by atoms with Gasteiger partial charge < -0.3 is 4.74 Å². The Hall–Kier alpha value is -0.810. The van der Waals surface area contributed by atoms with Crippen molar-refractivity contribution < 1.29 is 9.53 Å². The van der Waals surface area contributed by atoms with Gasteiger partial charge in [0.2, 0.25) is 0 Å². The smallest absolute Gasteiger partial charge is 0.165 e. The third-order valence-corrected chi connectivity index (χ3v) is 1.72. The summed E-state index contributed by atoms with van der Waals surface area (Å²) in [6, 6.07) is 0. The molecule has 1 aromatic heterocycles. The van der Waals surface area contributed by atoms with Crippen LogP contribution in [0.15, 0.2) is 6.33 Å². The highest BCUT2D eigenvalue weighted by Crippen LogP contribution is 2.00. The minimum atomic E-state index is 0.0317. The summed E-state index contributed by atoms with van der Waals surface area (Å²) >= 11 is 1.24. The highest BCUT2D eigenvalue weighted by Gasteiger charge is 2.04. The van der Waals surface area contributed by atoms with Crippen molar-refractivity contribution >= 4 is 17.3 Å². The van der Waals surface area contributed by atoms with Gasteiger partial charge >= 0.3 is 0 Å². The van der Waals surface area contributed by atoms with Crippen molar-refractivity contribution in [2.24, 2.45) is 0 Å². The van der Waals surface area contributed by atoms with Crippen molar-refractivity contribution in [3.63, 3.8) is 0 Å². The first-order valence-electron chi connectivity index (χ1n) is 3.09. The number of Topliss-reactive ketones (excluding diaryl/α,β-unsaturated/α-hetero) is 1. The minimum Gasteiger partial charge on any atom is -0.377 e. The first-order chi connectivity index (χ1) is 5.33. The molecule has 60 valence electrons. The molecule has 0 saturated heterocycles. The molecular formula is C6H8N2O2S. The van der Waals surface area contributed by atoms with Crippen molar-refractivity contribution in [1.29, 1.82) is 0 Å². The van der Waals surface area contributed by atoms with Gasteiger partial charge in [0.25, 0.3) is 0 Å². The van der Waals surface area contributed by atoms with Crippen LogP contribution < -0.4 is 0 Å². The summed E-state index contributed by atoms with van der Waals surface area (Å²) in [7, 11) is 1.50. The molecule has 4 nitrogen and oxygen atoms in total. The molecule has 0 unspecified atom stereocenters. The maximum Gasteiger partial charge on any atom is 0.165 e. The van der Waals surface area contributed by atoms with E-state index in [2.05, 4.69) is 14.1 Å². The van der Waals surface area contributed by atoms with E-state index < -0.39 is 0 Å². The average Bonchev–Trinajstić information content (AvgIpc) is 2.40. The number of hydrogen-bond acceptors (Lipinski definition) is 5. The molecule has 0 radical (unpaired) electrons. The van der Waals surface area contributed by atoms with Gasteiger partial charge in [-0.25, -0.2) is 4.98 Å². The third kappa shape index (κ3) is 2.73. The van der Waals surface area contributed by atoms with E-state index in [0.717, 1.165) is 5.01 Å². The SMILES string of the molecule is COCC(=O)Cc1ncns1. The van der Waals surface area contributed by atoms with E-state index >= 15 is 0 Å². The summed E-state index contributed by atoms with van der Waals surface area (Å²) in [5.41, 5.74) is 0. The second-order valence-corrected chi connectivity index (χ2v) is 2.85. The molecule has 5 heteroatoms. The Morgan fingerprint density at radius 1 is 1.82 bits per heavy atom. The lowest BCUT2D eigenvalue weighted by atomic mass is 10.3. The number of carbonyl (C=O) groups excluding carboxylic acids is 1. The Balaban J connectivity index is 2.37. The number of nitrogens with zero attached hydrogens (tertiary/aromatic N) is 2. The fraction of sp³-hybridized carbons (Fsp3) is 0.500. The fourth-order valence-electron chi connectivity index (χ4n) is 0.655. The molecule has 1 aromatic rings. The van der Waals surface area contributed by atoms with Gasteiger partial charge in [-0.1, -0.05) is 0 Å². The van der Waals surface area contributed by atoms with Gasteiger partial charge in [0.1, 0.15) is 17.9 Å². The normalized spacial score (nSPS) is 9.91. The van der Waals surface area contributed by atoms with Gasteiger partial charge in [0.15, 0.2) is 5.78 Å². The van der Waals surface area contributed by atoms with E-state index in [1.54, 1.807) is 0 Å². The lowest BCUT2D eigenvalue weighted by molar-refractivity contribution is -0.121. The lowest BCUT2D eigenvalue weighted by Crippen LogP contribution is -2.09. The number of carbonyl (C=O) groups is 1. The number of rotatable bonds is 4. The topological polar surface area (TPSA) is 52.1 Å². The van der Waals surface area contributed by atoms with Gasteiger partial charge in [0.05, 0.1) is 6.42 Å². The Morgan fingerprint density at radius 3 is 3.18 bits per heavy atom. The zero-order valence-electron chi connectivity index (χ0n) is 6.11. The molecule has 0 saturated carbocycles. The van der Waals surface area contributed by atoms with Crippen molar-refractivity contribution in [3.8, 4) is 0 Å². The minimum absolute atomic E-state index is 0.0317. The van der Waals surface area contributed by atoms with Crippen molar-refractivity contribution in [2.45, 2.75) is 6.42 Å². The van der Waals surface area contributed by atoms with Gasteiger partial charge in [-0.3, -0.25) is 4.79 Å². The number of hydrogen-bond donors (Lipinski definition) is 0. The molecule has 0 bridgehead atoms. The van der Waals surface area contributed by atoms with Crippen LogP contribution in [0, 0.1) is 0 Å². The number of methoxy groups -OCH3 is 1. The maximum atomic E-state index is 10.9. The van der Waals surface area contributed by atoms with Crippen LogP contribution in [-0.4, -0.2) is 28.9 Å². The van der Waals surface area contributed by atoms with Gasteiger partial charge in [-0.15, -0.1) is 0 Å². The second kappa shape index (κ2) is 4.15. The molecule has 0 spiro atoms. The summed E-state index contributed by atoms with van der Waals surface area (Å²) in [4.78, 5) is 14.8. The maximum absolute atomic E-state index is 10.9. The molecule has 0 amide bonds. The second-order valence-electron chi connectivity index (χ2n) is 1.98. The van der Waals surface area contributed by atoms with E-state index in [9.17, 15) is 4.79 Å². The van der Waals surface area contributed by atoms with Gasteiger partial charge in [-0.05, 0) is 11.5 Å². The van der Waals surface area contributed by atoms with Crippen LogP contribution in [0.4, 0.5) is 0 Å². The number of ether oxygens (including phenoxy) is 1. The molecule has 0 aliphatic rings. The van der Waals surface area contributed by atoms with Crippen LogP contribution >= 0.6 is 11.5 Å². The lowest BCUT2D eigenvalue weighted by Gasteiger charge is -1.93.